The summed E-state index contributed by atoms with van der Waals surface area (Å²) < 4.78 is 13.3. The number of anilines is 1. The van der Waals surface area contributed by atoms with E-state index in [9.17, 15) is 19.1 Å². The van der Waals surface area contributed by atoms with Gasteiger partial charge in [-0.2, -0.15) is 0 Å². The summed E-state index contributed by atoms with van der Waals surface area (Å²) in [4.78, 5) is 23.7. The molecule has 21 heavy (non-hydrogen) atoms. The fourth-order valence-corrected chi connectivity index (χ4v) is 3.59. The molecule has 4 atom stereocenters. The number of carbonyl (C=O) groups excluding carboxylic acids is 1. The standard InChI is InChI=1S/C15H13ClFNO3/c16-9-4-10(17)6-11(5-9)18-14(19)12-7-1-2-8(3-7)13(12)15(20)21/h1-2,4-8,12-13H,3H2,(H,18,19)(H,20,21). The minimum atomic E-state index is -0.968. The van der Waals surface area contributed by atoms with Crippen LogP contribution >= 0.6 is 11.6 Å². The monoisotopic (exact) mass is 309 g/mol. The Bertz CT molecular complexity index is 626. The highest BCUT2D eigenvalue weighted by atomic mass is 35.5. The molecule has 2 aliphatic rings. The molecule has 0 radical (unpaired) electrons. The molecular weight excluding hydrogens is 297 g/mol. The van der Waals surface area contributed by atoms with Gasteiger partial charge >= 0.3 is 5.97 Å². The summed E-state index contributed by atoms with van der Waals surface area (Å²) >= 11 is 5.74. The zero-order valence-electron chi connectivity index (χ0n) is 10.9. The molecule has 0 aliphatic heterocycles. The van der Waals surface area contributed by atoms with Crippen LogP contribution in [-0.4, -0.2) is 17.0 Å². The molecule has 2 bridgehead atoms. The van der Waals surface area contributed by atoms with Gasteiger partial charge in [0.25, 0.3) is 0 Å². The molecule has 110 valence electrons. The molecule has 4 unspecified atom stereocenters. The molecule has 1 saturated carbocycles. The van der Waals surface area contributed by atoms with Crippen LogP contribution in [0.2, 0.25) is 5.02 Å². The first-order valence-electron chi connectivity index (χ1n) is 6.64. The molecule has 1 aromatic rings. The summed E-state index contributed by atoms with van der Waals surface area (Å²) in [5.41, 5.74) is 0.237. The van der Waals surface area contributed by atoms with E-state index in [1.165, 1.54) is 6.07 Å². The maximum atomic E-state index is 13.3. The van der Waals surface area contributed by atoms with Gasteiger partial charge < -0.3 is 10.4 Å². The Labute approximate surface area is 125 Å². The molecular formula is C15H13ClFNO3. The average Bonchev–Trinajstić information content (AvgIpc) is 2.96. The van der Waals surface area contributed by atoms with Crippen LogP contribution in [0, 0.1) is 29.5 Å². The van der Waals surface area contributed by atoms with Crippen molar-refractivity contribution in [1.29, 1.82) is 0 Å². The number of fused-ring (bicyclic) bond motifs is 2. The van der Waals surface area contributed by atoms with Crippen molar-refractivity contribution in [3.05, 3.63) is 41.2 Å². The summed E-state index contributed by atoms with van der Waals surface area (Å²) in [6.45, 7) is 0. The Kier molecular flexibility index (Phi) is 3.45. The molecule has 0 spiro atoms. The first-order chi connectivity index (χ1) is 9.95. The Hall–Kier alpha value is -1.88. The van der Waals surface area contributed by atoms with Crippen molar-refractivity contribution in [2.75, 3.05) is 5.32 Å². The highest BCUT2D eigenvalue weighted by Crippen LogP contribution is 2.48. The quantitative estimate of drug-likeness (QED) is 0.844. The van der Waals surface area contributed by atoms with E-state index >= 15 is 0 Å². The van der Waals surface area contributed by atoms with E-state index in [2.05, 4.69) is 5.32 Å². The van der Waals surface area contributed by atoms with E-state index in [-0.39, 0.29) is 22.5 Å². The van der Waals surface area contributed by atoms with Gasteiger partial charge in [-0.15, -0.1) is 0 Å². The van der Waals surface area contributed by atoms with Crippen molar-refractivity contribution in [2.45, 2.75) is 6.42 Å². The molecule has 2 aliphatic carbocycles. The largest absolute Gasteiger partial charge is 0.481 e. The summed E-state index contributed by atoms with van der Waals surface area (Å²) in [5.74, 6) is -3.44. The number of amides is 1. The third-order valence-electron chi connectivity index (χ3n) is 4.18. The van der Waals surface area contributed by atoms with Crippen LogP contribution in [0.4, 0.5) is 10.1 Å². The van der Waals surface area contributed by atoms with Crippen LogP contribution < -0.4 is 5.32 Å². The van der Waals surface area contributed by atoms with Crippen molar-refractivity contribution in [1.82, 2.24) is 0 Å². The second-order valence-electron chi connectivity index (χ2n) is 5.49. The van der Waals surface area contributed by atoms with Gasteiger partial charge in [-0.25, -0.2) is 4.39 Å². The van der Waals surface area contributed by atoms with Crippen LogP contribution in [0.1, 0.15) is 6.42 Å². The molecule has 4 nitrogen and oxygen atoms in total. The number of carbonyl (C=O) groups is 2. The first kappa shape index (κ1) is 14.1. The SMILES string of the molecule is O=C(O)C1C2C=CC(C2)C1C(=O)Nc1cc(F)cc(Cl)c1. The van der Waals surface area contributed by atoms with Gasteiger partial charge in [0.15, 0.2) is 0 Å². The number of carboxylic acids is 1. The fourth-order valence-electron chi connectivity index (χ4n) is 3.37. The Balaban J connectivity index is 1.82. The number of aliphatic carboxylic acids is 1. The van der Waals surface area contributed by atoms with E-state index in [4.69, 9.17) is 11.6 Å². The lowest BCUT2D eigenvalue weighted by molar-refractivity contribution is -0.146. The van der Waals surface area contributed by atoms with Gasteiger partial charge in [0, 0.05) is 10.7 Å². The van der Waals surface area contributed by atoms with Crippen LogP contribution in [0.25, 0.3) is 0 Å². The first-order valence-corrected chi connectivity index (χ1v) is 7.01. The zero-order chi connectivity index (χ0) is 15.1. The van der Waals surface area contributed by atoms with E-state index in [1.54, 1.807) is 0 Å². The average molecular weight is 310 g/mol. The van der Waals surface area contributed by atoms with E-state index in [0.717, 1.165) is 12.1 Å². The molecule has 1 fully saturated rings. The lowest BCUT2D eigenvalue weighted by Crippen LogP contribution is -2.36. The number of halogens is 2. The van der Waals surface area contributed by atoms with Crippen molar-refractivity contribution in [2.24, 2.45) is 23.7 Å². The maximum Gasteiger partial charge on any atom is 0.307 e. The second kappa shape index (κ2) is 5.15. The van der Waals surface area contributed by atoms with Gasteiger partial charge in [-0.1, -0.05) is 23.8 Å². The fraction of sp³-hybridized carbons (Fsp3) is 0.333. The molecule has 0 heterocycles. The molecule has 6 heteroatoms. The molecule has 3 rings (SSSR count). The van der Waals surface area contributed by atoms with Gasteiger partial charge in [0.05, 0.1) is 11.8 Å². The van der Waals surface area contributed by atoms with E-state index in [0.29, 0.717) is 6.42 Å². The number of carboxylic acid groups (broad SMARTS) is 1. The Morgan fingerprint density at radius 2 is 1.86 bits per heavy atom. The van der Waals surface area contributed by atoms with Gasteiger partial charge in [0.1, 0.15) is 5.82 Å². The molecule has 1 amide bonds. The number of benzene rings is 1. The van der Waals surface area contributed by atoms with Gasteiger partial charge in [-0.3, -0.25) is 9.59 Å². The van der Waals surface area contributed by atoms with E-state index < -0.39 is 29.5 Å². The van der Waals surface area contributed by atoms with Crippen LogP contribution in [-0.2, 0) is 9.59 Å². The minimum absolute atomic E-state index is 0.0693. The van der Waals surface area contributed by atoms with Crippen molar-refractivity contribution in [3.8, 4) is 0 Å². The topological polar surface area (TPSA) is 66.4 Å². The van der Waals surface area contributed by atoms with E-state index in [1.807, 2.05) is 12.2 Å². The van der Waals surface area contributed by atoms with Crippen LogP contribution in [0.15, 0.2) is 30.4 Å². The highest BCUT2D eigenvalue weighted by molar-refractivity contribution is 6.30. The third kappa shape index (κ3) is 2.53. The molecule has 1 aromatic carbocycles. The summed E-state index contributed by atoms with van der Waals surface area (Å²) in [5, 5.41) is 12.1. The van der Waals surface area contributed by atoms with Crippen molar-refractivity contribution < 1.29 is 19.1 Å². The Morgan fingerprint density at radius 3 is 2.48 bits per heavy atom. The van der Waals surface area contributed by atoms with Crippen molar-refractivity contribution >= 4 is 29.2 Å². The van der Waals surface area contributed by atoms with Gasteiger partial charge in [0.2, 0.25) is 5.91 Å². The maximum absolute atomic E-state index is 13.3. The number of hydrogen-bond acceptors (Lipinski definition) is 2. The van der Waals surface area contributed by atoms with Crippen LogP contribution in [0.3, 0.4) is 0 Å². The number of nitrogens with one attached hydrogen (secondary N) is 1. The smallest absolute Gasteiger partial charge is 0.307 e. The lowest BCUT2D eigenvalue weighted by atomic mass is 9.82. The highest BCUT2D eigenvalue weighted by Gasteiger charge is 2.51. The summed E-state index contributed by atoms with van der Waals surface area (Å²) in [6, 6.07) is 3.72. The molecule has 0 aromatic heterocycles. The molecule has 2 N–H and O–H groups in total. The summed E-state index contributed by atoms with van der Waals surface area (Å²) in [6.07, 6.45) is 4.44. The second-order valence-corrected chi connectivity index (χ2v) is 5.92. The predicted octanol–water partition coefficient (Wildman–Crippen LogP) is 2.94. The number of rotatable bonds is 3. The Morgan fingerprint density at radius 1 is 1.19 bits per heavy atom. The number of hydrogen-bond donors (Lipinski definition) is 2. The van der Waals surface area contributed by atoms with Crippen molar-refractivity contribution in [3.63, 3.8) is 0 Å². The predicted molar refractivity (Wildman–Crippen MR) is 75.4 cm³/mol. The summed E-state index contributed by atoms with van der Waals surface area (Å²) in [7, 11) is 0. The van der Waals surface area contributed by atoms with Gasteiger partial charge in [-0.05, 0) is 36.5 Å². The number of allylic oxidation sites excluding steroid dienone is 2. The normalized spacial score (nSPS) is 29.6. The van der Waals surface area contributed by atoms with Crippen LogP contribution in [0.5, 0.6) is 0 Å². The lowest BCUT2D eigenvalue weighted by Gasteiger charge is -2.23. The zero-order valence-corrected chi connectivity index (χ0v) is 11.7. The minimum Gasteiger partial charge on any atom is -0.481 e. The third-order valence-corrected chi connectivity index (χ3v) is 4.40. The molecule has 0 saturated heterocycles.